The van der Waals surface area contributed by atoms with Gasteiger partial charge in [-0.15, -0.1) is 0 Å². The normalized spacial score (nSPS) is 50.8. The van der Waals surface area contributed by atoms with Gasteiger partial charge in [-0.2, -0.15) is 0 Å². The highest BCUT2D eigenvalue weighted by atomic mass is 14.5. The molecule has 1 saturated carbocycles. The maximum absolute atomic E-state index is 2.43. The molecule has 0 radical (unpaired) electrons. The minimum atomic E-state index is 0.995. The Morgan fingerprint density at radius 1 is 1.62 bits per heavy atom. The largest absolute Gasteiger partial charge is 0.0813 e. The maximum atomic E-state index is 2.43. The first-order valence-corrected chi connectivity index (χ1v) is 3.47. The van der Waals surface area contributed by atoms with Crippen molar-refractivity contribution in [1.82, 2.24) is 0 Å². The quantitative estimate of drug-likeness (QED) is 0.417. The van der Waals surface area contributed by atoms with Gasteiger partial charge in [-0.05, 0) is 31.1 Å². The topological polar surface area (TPSA) is 0 Å². The molecule has 0 nitrogen and oxygen atoms in total. The molecule has 2 aliphatic carbocycles. The third-order valence-electron chi connectivity index (χ3n) is 2.79. The minimum absolute atomic E-state index is 0.995. The lowest BCUT2D eigenvalue weighted by atomic mass is 9.55. The van der Waals surface area contributed by atoms with E-state index in [1.165, 1.54) is 6.42 Å². The Balaban J connectivity index is 2.15. The van der Waals surface area contributed by atoms with E-state index in [0.29, 0.717) is 0 Å². The summed E-state index contributed by atoms with van der Waals surface area (Å²) in [5, 5.41) is 0. The van der Waals surface area contributed by atoms with Gasteiger partial charge in [0.05, 0.1) is 0 Å². The fourth-order valence-electron chi connectivity index (χ4n) is 1.99. The third-order valence-corrected chi connectivity index (χ3v) is 2.79. The predicted molar refractivity (Wildman–Crippen MR) is 34.5 cm³/mol. The summed E-state index contributed by atoms with van der Waals surface area (Å²) in [6, 6.07) is 0. The average molecular weight is 108 g/mol. The van der Waals surface area contributed by atoms with E-state index in [0.717, 1.165) is 17.8 Å². The fourth-order valence-corrected chi connectivity index (χ4v) is 1.99. The molecule has 2 rings (SSSR count). The molecule has 0 aromatic carbocycles. The highest BCUT2D eigenvalue weighted by Gasteiger charge is 2.43. The van der Waals surface area contributed by atoms with E-state index in [4.69, 9.17) is 0 Å². The lowest BCUT2D eigenvalue weighted by Crippen LogP contribution is -2.40. The number of hydrogen-bond donors (Lipinski definition) is 0. The predicted octanol–water partition coefficient (Wildman–Crippen LogP) is 2.22. The van der Waals surface area contributed by atoms with Crippen molar-refractivity contribution in [3.05, 3.63) is 11.6 Å². The van der Waals surface area contributed by atoms with Crippen LogP contribution in [0.5, 0.6) is 0 Å². The maximum Gasteiger partial charge on any atom is -0.0138 e. The number of fused-ring (bicyclic) bond motifs is 1. The number of rotatable bonds is 0. The standard InChI is InChI=1S/C8H12/c1-5-3-8-6(2)4-7(5)8/h3,6-8H,4H2,1-2H3. The molecule has 0 aromatic rings. The van der Waals surface area contributed by atoms with Crippen LogP contribution in [-0.2, 0) is 0 Å². The van der Waals surface area contributed by atoms with Crippen LogP contribution in [0.3, 0.4) is 0 Å². The molecule has 0 saturated heterocycles. The van der Waals surface area contributed by atoms with Crippen molar-refractivity contribution in [2.24, 2.45) is 17.8 Å². The van der Waals surface area contributed by atoms with Crippen molar-refractivity contribution < 1.29 is 0 Å². The van der Waals surface area contributed by atoms with Gasteiger partial charge in [-0.25, -0.2) is 0 Å². The summed E-state index contributed by atoms with van der Waals surface area (Å²) in [5.41, 5.74) is 1.65. The molecule has 0 aromatic heterocycles. The van der Waals surface area contributed by atoms with E-state index in [9.17, 15) is 0 Å². The summed E-state index contributed by atoms with van der Waals surface area (Å²) in [7, 11) is 0. The highest BCUT2D eigenvalue weighted by Crippen LogP contribution is 2.52. The number of allylic oxidation sites excluding steroid dienone is 2. The minimum Gasteiger partial charge on any atom is -0.0813 e. The Bertz CT molecular complexity index is 144. The molecule has 0 N–H and O–H groups in total. The molecule has 0 spiro atoms. The van der Waals surface area contributed by atoms with Gasteiger partial charge in [-0.3, -0.25) is 0 Å². The second-order valence-corrected chi connectivity index (χ2v) is 3.31. The van der Waals surface area contributed by atoms with Crippen LogP contribution in [0.1, 0.15) is 20.3 Å². The Morgan fingerprint density at radius 2 is 2.38 bits per heavy atom. The molecule has 0 aliphatic heterocycles. The van der Waals surface area contributed by atoms with Crippen molar-refractivity contribution in [2.45, 2.75) is 20.3 Å². The lowest BCUT2D eigenvalue weighted by Gasteiger charge is -2.49. The van der Waals surface area contributed by atoms with Crippen molar-refractivity contribution in [2.75, 3.05) is 0 Å². The first kappa shape index (κ1) is 4.60. The van der Waals surface area contributed by atoms with Crippen molar-refractivity contribution in [3.8, 4) is 0 Å². The van der Waals surface area contributed by atoms with E-state index < -0.39 is 0 Å². The van der Waals surface area contributed by atoms with Gasteiger partial charge < -0.3 is 0 Å². The zero-order valence-corrected chi connectivity index (χ0v) is 5.52. The van der Waals surface area contributed by atoms with Crippen LogP contribution in [0.2, 0.25) is 0 Å². The third kappa shape index (κ3) is 0.331. The van der Waals surface area contributed by atoms with E-state index in [1.54, 1.807) is 5.57 Å². The van der Waals surface area contributed by atoms with Gasteiger partial charge in [0.2, 0.25) is 0 Å². The van der Waals surface area contributed by atoms with Crippen LogP contribution in [0.25, 0.3) is 0 Å². The van der Waals surface area contributed by atoms with E-state index in [1.807, 2.05) is 0 Å². The zero-order valence-electron chi connectivity index (χ0n) is 5.52. The van der Waals surface area contributed by atoms with Crippen LogP contribution in [0.15, 0.2) is 11.6 Å². The first-order valence-electron chi connectivity index (χ1n) is 3.47. The molecule has 44 valence electrons. The van der Waals surface area contributed by atoms with Crippen molar-refractivity contribution in [3.63, 3.8) is 0 Å². The number of hydrogen-bond acceptors (Lipinski definition) is 0. The molecular formula is C8H12. The summed E-state index contributed by atoms with van der Waals surface area (Å²) in [6.07, 6.45) is 3.89. The first-order chi connectivity index (χ1) is 3.79. The van der Waals surface area contributed by atoms with Crippen LogP contribution in [-0.4, -0.2) is 0 Å². The van der Waals surface area contributed by atoms with E-state index in [-0.39, 0.29) is 0 Å². The van der Waals surface area contributed by atoms with Crippen LogP contribution in [0, 0.1) is 17.8 Å². The SMILES string of the molecule is CC1=CC2C(C)CC12. The van der Waals surface area contributed by atoms with Gasteiger partial charge in [0.15, 0.2) is 0 Å². The molecule has 1 fully saturated rings. The van der Waals surface area contributed by atoms with Gasteiger partial charge in [0.25, 0.3) is 0 Å². The van der Waals surface area contributed by atoms with Crippen molar-refractivity contribution in [1.29, 1.82) is 0 Å². The Kier molecular flexibility index (Phi) is 0.677. The average Bonchev–Trinajstić information content (AvgIpc) is 1.76. The summed E-state index contributed by atoms with van der Waals surface area (Å²) in [5.74, 6) is 3.02. The van der Waals surface area contributed by atoms with Gasteiger partial charge in [-0.1, -0.05) is 18.6 Å². The molecule has 3 unspecified atom stereocenters. The Morgan fingerprint density at radius 3 is 2.50 bits per heavy atom. The molecular weight excluding hydrogens is 96.1 g/mol. The van der Waals surface area contributed by atoms with Gasteiger partial charge >= 0.3 is 0 Å². The summed E-state index contributed by atoms with van der Waals surface area (Å²) < 4.78 is 0. The monoisotopic (exact) mass is 108 g/mol. The highest BCUT2D eigenvalue weighted by molar-refractivity contribution is 5.26. The summed E-state index contributed by atoms with van der Waals surface area (Å²) in [6.45, 7) is 4.61. The van der Waals surface area contributed by atoms with Crippen LogP contribution in [0.4, 0.5) is 0 Å². The Labute approximate surface area is 50.6 Å². The molecule has 0 heterocycles. The Hall–Kier alpha value is -0.260. The molecule has 2 aliphatic rings. The second-order valence-electron chi connectivity index (χ2n) is 3.31. The fraction of sp³-hybridized carbons (Fsp3) is 0.750. The van der Waals surface area contributed by atoms with Gasteiger partial charge in [0.1, 0.15) is 0 Å². The zero-order chi connectivity index (χ0) is 5.72. The van der Waals surface area contributed by atoms with E-state index in [2.05, 4.69) is 19.9 Å². The lowest BCUT2D eigenvalue weighted by molar-refractivity contribution is 0.128. The summed E-state index contributed by atoms with van der Waals surface area (Å²) in [4.78, 5) is 0. The molecule has 3 atom stereocenters. The van der Waals surface area contributed by atoms with Crippen LogP contribution < -0.4 is 0 Å². The van der Waals surface area contributed by atoms with Crippen molar-refractivity contribution >= 4 is 0 Å². The van der Waals surface area contributed by atoms with Crippen LogP contribution >= 0.6 is 0 Å². The molecule has 8 heavy (non-hydrogen) atoms. The smallest absolute Gasteiger partial charge is 0.0138 e. The van der Waals surface area contributed by atoms with E-state index >= 15 is 0 Å². The van der Waals surface area contributed by atoms with Gasteiger partial charge in [0, 0.05) is 0 Å². The molecule has 0 heteroatoms. The summed E-state index contributed by atoms with van der Waals surface area (Å²) >= 11 is 0. The molecule has 0 amide bonds. The molecule has 0 bridgehead atoms. The second kappa shape index (κ2) is 1.18.